The van der Waals surface area contributed by atoms with Crippen molar-refractivity contribution in [3.05, 3.63) is 27.0 Å². The highest BCUT2D eigenvalue weighted by atomic mass is 35.5. The molecule has 2 heterocycles. The fraction of sp³-hybridized carbons (Fsp3) is 0.533. The van der Waals surface area contributed by atoms with Gasteiger partial charge in [-0.1, -0.05) is 12.5 Å². The van der Waals surface area contributed by atoms with E-state index in [0.717, 1.165) is 37.9 Å². The molecule has 1 aromatic rings. The van der Waals surface area contributed by atoms with Gasteiger partial charge in [-0.15, -0.1) is 23.7 Å². The highest BCUT2D eigenvalue weighted by Gasteiger charge is 2.19. The number of carbonyl (C=O) groups is 1. The van der Waals surface area contributed by atoms with Crippen LogP contribution in [-0.4, -0.2) is 26.2 Å². The van der Waals surface area contributed by atoms with Gasteiger partial charge in [-0.3, -0.25) is 0 Å². The van der Waals surface area contributed by atoms with E-state index in [4.69, 9.17) is 4.74 Å². The van der Waals surface area contributed by atoms with Crippen LogP contribution in [0.25, 0.3) is 5.57 Å². The van der Waals surface area contributed by atoms with Crippen LogP contribution in [0.15, 0.2) is 11.0 Å². The van der Waals surface area contributed by atoms with Gasteiger partial charge in [-0.25, -0.2) is 4.79 Å². The Labute approximate surface area is 130 Å². The smallest absolute Gasteiger partial charge is 0.338 e. The predicted octanol–water partition coefficient (Wildman–Crippen LogP) is 3.81. The molecule has 0 amide bonds. The molecule has 0 spiro atoms. The number of ether oxygens (including phenoxy) is 1. The lowest BCUT2D eigenvalue weighted by Gasteiger charge is -2.19. The molecular weight excluding hydrogens is 294 g/mol. The second-order valence-corrected chi connectivity index (χ2v) is 5.66. The molecule has 0 atom stereocenters. The zero-order valence-electron chi connectivity index (χ0n) is 12.2. The Hall–Kier alpha value is -0.840. The van der Waals surface area contributed by atoms with Crippen LogP contribution in [0.4, 0.5) is 0 Å². The maximum absolute atomic E-state index is 11.7. The molecule has 2 rings (SSSR count). The van der Waals surface area contributed by atoms with Crippen LogP contribution < -0.4 is 5.32 Å². The summed E-state index contributed by atoms with van der Waals surface area (Å²) in [6, 6.07) is 0. The van der Waals surface area contributed by atoms with E-state index in [2.05, 4.69) is 12.2 Å². The highest BCUT2D eigenvalue weighted by molar-refractivity contribution is 7.11. The average Bonchev–Trinajstić information content (AvgIpc) is 2.82. The van der Waals surface area contributed by atoms with Gasteiger partial charge >= 0.3 is 5.97 Å². The van der Waals surface area contributed by atoms with Gasteiger partial charge in [0.25, 0.3) is 0 Å². The summed E-state index contributed by atoms with van der Waals surface area (Å²) in [5, 5.41) is 5.31. The molecule has 1 aromatic heterocycles. The first-order chi connectivity index (χ1) is 9.19. The molecule has 0 saturated carbocycles. The van der Waals surface area contributed by atoms with Crippen LogP contribution in [0, 0.1) is 6.92 Å². The molecule has 112 valence electrons. The average molecular weight is 316 g/mol. The van der Waals surface area contributed by atoms with Crippen molar-refractivity contribution in [2.45, 2.75) is 33.1 Å². The van der Waals surface area contributed by atoms with Crippen molar-refractivity contribution >= 4 is 35.3 Å². The molecule has 20 heavy (non-hydrogen) atoms. The summed E-state index contributed by atoms with van der Waals surface area (Å²) < 4.78 is 4.83. The van der Waals surface area contributed by atoms with Gasteiger partial charge in [-0.05, 0) is 50.4 Å². The summed E-state index contributed by atoms with van der Waals surface area (Å²) in [4.78, 5) is 13.0. The zero-order chi connectivity index (χ0) is 13.8. The van der Waals surface area contributed by atoms with E-state index in [0.29, 0.717) is 5.56 Å². The topological polar surface area (TPSA) is 38.3 Å². The Balaban J connectivity index is 0.00000200. The summed E-state index contributed by atoms with van der Waals surface area (Å²) in [5.41, 5.74) is 4.75. The van der Waals surface area contributed by atoms with Crippen LogP contribution >= 0.6 is 23.7 Å². The van der Waals surface area contributed by atoms with Crippen molar-refractivity contribution in [3.8, 4) is 0 Å². The van der Waals surface area contributed by atoms with Crippen molar-refractivity contribution in [3.63, 3.8) is 0 Å². The fourth-order valence-corrected chi connectivity index (χ4v) is 3.85. The number of nitrogens with one attached hydrogen (secondary N) is 1. The molecule has 1 saturated heterocycles. The zero-order valence-corrected chi connectivity index (χ0v) is 13.9. The van der Waals surface area contributed by atoms with E-state index < -0.39 is 0 Å². The van der Waals surface area contributed by atoms with Crippen LogP contribution in [0.5, 0.6) is 0 Å². The van der Waals surface area contributed by atoms with Crippen molar-refractivity contribution in [1.82, 2.24) is 5.32 Å². The van der Waals surface area contributed by atoms with Crippen LogP contribution in [0.1, 0.15) is 47.0 Å². The van der Waals surface area contributed by atoms with Gasteiger partial charge in [0.1, 0.15) is 0 Å². The largest absolute Gasteiger partial charge is 0.465 e. The van der Waals surface area contributed by atoms with Crippen molar-refractivity contribution in [2.24, 2.45) is 0 Å². The minimum atomic E-state index is -0.231. The Morgan fingerprint density at radius 1 is 1.40 bits per heavy atom. The molecule has 1 fully saturated rings. The molecule has 5 heteroatoms. The number of hydrogen-bond donors (Lipinski definition) is 1. The molecule has 1 aliphatic heterocycles. The first-order valence-corrected chi connectivity index (χ1v) is 7.65. The molecule has 0 aliphatic carbocycles. The minimum absolute atomic E-state index is 0. The predicted molar refractivity (Wildman–Crippen MR) is 87.0 cm³/mol. The lowest BCUT2D eigenvalue weighted by molar-refractivity contribution is 0.0600. The molecule has 1 N–H and O–H groups in total. The number of carbonyl (C=O) groups excluding carboxylic acids is 1. The summed E-state index contributed by atoms with van der Waals surface area (Å²) in [5.74, 6) is -0.231. The Morgan fingerprint density at radius 2 is 2.05 bits per heavy atom. The molecule has 1 aliphatic rings. The van der Waals surface area contributed by atoms with E-state index in [1.54, 1.807) is 16.9 Å². The van der Waals surface area contributed by atoms with E-state index in [-0.39, 0.29) is 18.4 Å². The molecule has 3 nitrogen and oxygen atoms in total. The number of thiophene rings is 1. The van der Waals surface area contributed by atoms with Crippen molar-refractivity contribution in [2.75, 3.05) is 20.2 Å². The van der Waals surface area contributed by atoms with Gasteiger partial charge in [0.05, 0.1) is 12.7 Å². The molecule has 0 aromatic carbocycles. The van der Waals surface area contributed by atoms with Gasteiger partial charge in [0.2, 0.25) is 0 Å². The van der Waals surface area contributed by atoms with Gasteiger partial charge in [0, 0.05) is 10.3 Å². The van der Waals surface area contributed by atoms with Gasteiger partial charge in [0.15, 0.2) is 0 Å². The molecule has 0 unspecified atom stereocenters. The number of rotatable bonds is 3. The third-order valence-corrected chi connectivity index (χ3v) is 4.85. The summed E-state index contributed by atoms with van der Waals surface area (Å²) in [6.07, 6.45) is 3.26. The lowest BCUT2D eigenvalue weighted by Crippen LogP contribution is -2.23. The van der Waals surface area contributed by atoms with Crippen molar-refractivity contribution in [1.29, 1.82) is 0 Å². The van der Waals surface area contributed by atoms with E-state index in [9.17, 15) is 4.79 Å². The first-order valence-electron chi connectivity index (χ1n) is 6.77. The van der Waals surface area contributed by atoms with E-state index >= 15 is 0 Å². The summed E-state index contributed by atoms with van der Waals surface area (Å²) in [7, 11) is 1.44. The molecule has 0 bridgehead atoms. The first kappa shape index (κ1) is 17.2. The van der Waals surface area contributed by atoms with Crippen LogP contribution in [-0.2, 0) is 4.74 Å². The Kier molecular flexibility index (Phi) is 6.72. The van der Waals surface area contributed by atoms with Crippen LogP contribution in [0.2, 0.25) is 0 Å². The number of halogens is 1. The quantitative estimate of drug-likeness (QED) is 0.862. The van der Waals surface area contributed by atoms with Crippen LogP contribution in [0.3, 0.4) is 0 Å². The minimum Gasteiger partial charge on any atom is -0.465 e. The number of hydrogen-bond acceptors (Lipinski definition) is 4. The lowest BCUT2D eigenvalue weighted by atomic mass is 9.94. The molecular formula is C15H22ClNO2S. The number of esters is 1. The van der Waals surface area contributed by atoms with Gasteiger partial charge in [-0.2, -0.15) is 0 Å². The summed E-state index contributed by atoms with van der Waals surface area (Å²) in [6.45, 7) is 6.34. The highest BCUT2D eigenvalue weighted by Crippen LogP contribution is 2.35. The second-order valence-electron chi connectivity index (χ2n) is 4.78. The normalized spacial score (nSPS) is 14.7. The summed E-state index contributed by atoms with van der Waals surface area (Å²) >= 11 is 1.67. The Morgan fingerprint density at radius 3 is 2.60 bits per heavy atom. The monoisotopic (exact) mass is 315 g/mol. The van der Waals surface area contributed by atoms with E-state index in [1.807, 2.05) is 12.3 Å². The second kappa shape index (κ2) is 7.81. The standard InChI is InChI=1S/C15H21NO2S.ClH/c1-4-12(11-5-7-16-8-6-11)14-10(2)13(9-19-14)15(17)18-3;/h9,16H,4-8H2,1-3H3;1H. The fourth-order valence-electron chi connectivity index (χ4n) is 2.63. The SMILES string of the molecule is CCC(=C1CCNCC1)c1scc(C(=O)OC)c1C.Cl. The third-order valence-electron chi connectivity index (χ3n) is 3.71. The number of allylic oxidation sites excluding steroid dienone is 1. The number of methoxy groups -OCH3 is 1. The van der Waals surface area contributed by atoms with Crippen molar-refractivity contribution < 1.29 is 9.53 Å². The Bertz CT molecular complexity index is 500. The number of piperidine rings is 1. The van der Waals surface area contributed by atoms with Gasteiger partial charge < -0.3 is 10.1 Å². The maximum Gasteiger partial charge on any atom is 0.338 e. The van der Waals surface area contributed by atoms with E-state index in [1.165, 1.54) is 17.6 Å². The third kappa shape index (κ3) is 3.43. The molecule has 0 radical (unpaired) electrons. The maximum atomic E-state index is 11.7.